The van der Waals surface area contributed by atoms with Crippen LogP contribution in [0.3, 0.4) is 0 Å². The van der Waals surface area contributed by atoms with Gasteiger partial charge in [0.2, 0.25) is 0 Å². The summed E-state index contributed by atoms with van der Waals surface area (Å²) in [7, 11) is 1.46. The molecule has 0 amide bonds. The fraction of sp³-hybridized carbons (Fsp3) is 0.143. The molecule has 2 nitrogen and oxygen atoms in total. The SMILES string of the molecule is C=CCc1cc(-c2ccco2)cc(F)c1OC. The van der Waals surface area contributed by atoms with Crippen LogP contribution < -0.4 is 4.74 Å². The number of hydrogen-bond donors (Lipinski definition) is 0. The van der Waals surface area contributed by atoms with Gasteiger partial charge in [0.05, 0.1) is 13.4 Å². The van der Waals surface area contributed by atoms with Crippen molar-refractivity contribution in [3.63, 3.8) is 0 Å². The molecule has 1 aromatic heterocycles. The molecule has 0 bridgehead atoms. The van der Waals surface area contributed by atoms with E-state index in [9.17, 15) is 4.39 Å². The highest BCUT2D eigenvalue weighted by atomic mass is 19.1. The first-order valence-electron chi connectivity index (χ1n) is 5.27. The van der Waals surface area contributed by atoms with Crippen LogP contribution >= 0.6 is 0 Å². The monoisotopic (exact) mass is 232 g/mol. The first-order chi connectivity index (χ1) is 8.26. The summed E-state index contributed by atoms with van der Waals surface area (Å²) >= 11 is 0. The van der Waals surface area contributed by atoms with Gasteiger partial charge in [-0.05, 0) is 30.7 Å². The molecule has 0 radical (unpaired) electrons. The van der Waals surface area contributed by atoms with Crippen LogP contribution in [0.1, 0.15) is 5.56 Å². The average molecular weight is 232 g/mol. The number of ether oxygens (including phenoxy) is 1. The molecule has 1 heterocycles. The summed E-state index contributed by atoms with van der Waals surface area (Å²) in [6.45, 7) is 3.65. The van der Waals surface area contributed by atoms with Crippen molar-refractivity contribution < 1.29 is 13.5 Å². The molecule has 0 aliphatic heterocycles. The Balaban J connectivity index is 2.53. The molecule has 0 aliphatic rings. The maximum atomic E-state index is 13.8. The Kier molecular flexibility index (Phi) is 3.28. The van der Waals surface area contributed by atoms with Gasteiger partial charge in [-0.25, -0.2) is 4.39 Å². The molecule has 2 rings (SSSR count). The van der Waals surface area contributed by atoms with Crippen molar-refractivity contribution in [3.8, 4) is 17.1 Å². The van der Waals surface area contributed by atoms with Gasteiger partial charge in [-0.3, -0.25) is 0 Å². The van der Waals surface area contributed by atoms with Crippen LogP contribution in [-0.2, 0) is 6.42 Å². The maximum Gasteiger partial charge on any atom is 0.166 e. The Bertz CT molecular complexity index is 515. The number of halogens is 1. The third-order valence-electron chi connectivity index (χ3n) is 2.49. The molecule has 1 aromatic carbocycles. The largest absolute Gasteiger partial charge is 0.493 e. The van der Waals surface area contributed by atoms with Gasteiger partial charge < -0.3 is 9.15 Å². The number of rotatable bonds is 4. The van der Waals surface area contributed by atoms with Gasteiger partial charge in [-0.1, -0.05) is 6.08 Å². The van der Waals surface area contributed by atoms with E-state index in [0.29, 0.717) is 17.7 Å². The number of allylic oxidation sites excluding steroid dienone is 1. The summed E-state index contributed by atoms with van der Waals surface area (Å²) in [5, 5.41) is 0. The molecule has 0 spiro atoms. The van der Waals surface area contributed by atoms with E-state index in [1.807, 2.05) is 6.07 Å². The van der Waals surface area contributed by atoms with Crippen LogP contribution in [0.15, 0.2) is 47.6 Å². The average Bonchev–Trinajstić information content (AvgIpc) is 2.82. The van der Waals surface area contributed by atoms with E-state index in [-0.39, 0.29) is 5.75 Å². The van der Waals surface area contributed by atoms with Crippen molar-refractivity contribution in [2.75, 3.05) is 7.11 Å². The minimum absolute atomic E-state index is 0.264. The normalized spacial score (nSPS) is 10.2. The fourth-order valence-corrected chi connectivity index (χ4v) is 1.77. The number of furan rings is 1. The first kappa shape index (κ1) is 11.5. The van der Waals surface area contributed by atoms with E-state index in [4.69, 9.17) is 9.15 Å². The molecule has 0 atom stereocenters. The Morgan fingerprint density at radius 2 is 2.29 bits per heavy atom. The predicted octanol–water partition coefficient (Wildman–Crippen LogP) is 3.82. The third-order valence-corrected chi connectivity index (χ3v) is 2.49. The zero-order chi connectivity index (χ0) is 12.3. The number of methoxy groups -OCH3 is 1. The second-order valence-electron chi connectivity index (χ2n) is 3.62. The third kappa shape index (κ3) is 2.23. The van der Waals surface area contributed by atoms with E-state index in [0.717, 1.165) is 5.56 Å². The Labute approximate surface area is 99.3 Å². The lowest BCUT2D eigenvalue weighted by molar-refractivity contribution is 0.382. The molecule has 88 valence electrons. The fourth-order valence-electron chi connectivity index (χ4n) is 1.77. The second kappa shape index (κ2) is 4.87. The van der Waals surface area contributed by atoms with Crippen LogP contribution in [0, 0.1) is 5.82 Å². The van der Waals surface area contributed by atoms with Crippen LogP contribution in [-0.4, -0.2) is 7.11 Å². The molecule has 0 saturated carbocycles. The van der Waals surface area contributed by atoms with Gasteiger partial charge >= 0.3 is 0 Å². The smallest absolute Gasteiger partial charge is 0.166 e. The van der Waals surface area contributed by atoms with E-state index in [1.165, 1.54) is 13.2 Å². The molecule has 3 heteroatoms. The highest BCUT2D eigenvalue weighted by Crippen LogP contribution is 2.30. The van der Waals surface area contributed by atoms with Gasteiger partial charge in [0.15, 0.2) is 11.6 Å². The van der Waals surface area contributed by atoms with Crippen molar-refractivity contribution in [2.45, 2.75) is 6.42 Å². The number of benzene rings is 1. The van der Waals surface area contributed by atoms with E-state index in [2.05, 4.69) is 6.58 Å². The highest BCUT2D eigenvalue weighted by Gasteiger charge is 2.12. The van der Waals surface area contributed by atoms with Gasteiger partial charge in [-0.15, -0.1) is 6.58 Å². The van der Waals surface area contributed by atoms with Crippen LogP contribution in [0.5, 0.6) is 5.75 Å². The van der Waals surface area contributed by atoms with Crippen molar-refractivity contribution in [2.24, 2.45) is 0 Å². The second-order valence-corrected chi connectivity index (χ2v) is 3.62. The van der Waals surface area contributed by atoms with Gasteiger partial charge in [-0.2, -0.15) is 0 Å². The summed E-state index contributed by atoms with van der Waals surface area (Å²) in [4.78, 5) is 0. The Morgan fingerprint density at radius 3 is 2.88 bits per heavy atom. The molecule has 2 aromatic rings. The lowest BCUT2D eigenvalue weighted by Crippen LogP contribution is -1.95. The standard InChI is InChI=1S/C14H13FO2/c1-3-5-10-8-11(13-6-4-7-17-13)9-12(15)14(10)16-2/h3-4,6-9H,1,5H2,2H3. The molecule has 0 saturated heterocycles. The van der Waals surface area contributed by atoms with Crippen molar-refractivity contribution in [1.82, 2.24) is 0 Å². The topological polar surface area (TPSA) is 22.4 Å². The molecule has 17 heavy (non-hydrogen) atoms. The summed E-state index contributed by atoms with van der Waals surface area (Å²) in [5.74, 6) is 0.510. The molecule has 0 N–H and O–H groups in total. The minimum atomic E-state index is -0.391. The van der Waals surface area contributed by atoms with Gasteiger partial charge in [0.25, 0.3) is 0 Å². The summed E-state index contributed by atoms with van der Waals surface area (Å²) in [6.07, 6.45) is 3.82. The van der Waals surface area contributed by atoms with E-state index in [1.54, 1.807) is 24.5 Å². The molecular weight excluding hydrogens is 219 g/mol. The lowest BCUT2D eigenvalue weighted by Gasteiger charge is -2.09. The van der Waals surface area contributed by atoms with Crippen LogP contribution in [0.4, 0.5) is 4.39 Å². The van der Waals surface area contributed by atoms with Gasteiger partial charge in [0, 0.05) is 11.1 Å². The molecule has 0 fully saturated rings. The summed E-state index contributed by atoms with van der Waals surface area (Å²) in [6, 6.07) is 6.82. The van der Waals surface area contributed by atoms with E-state index >= 15 is 0 Å². The van der Waals surface area contributed by atoms with Crippen molar-refractivity contribution >= 4 is 0 Å². The highest BCUT2D eigenvalue weighted by molar-refractivity contribution is 5.61. The maximum absolute atomic E-state index is 13.8. The first-order valence-corrected chi connectivity index (χ1v) is 5.27. The van der Waals surface area contributed by atoms with Crippen molar-refractivity contribution in [3.05, 3.63) is 54.6 Å². The lowest BCUT2D eigenvalue weighted by atomic mass is 10.0. The predicted molar refractivity (Wildman–Crippen MR) is 64.6 cm³/mol. The summed E-state index contributed by atoms with van der Waals surface area (Å²) in [5.41, 5.74) is 1.46. The molecular formula is C14H13FO2. The Hall–Kier alpha value is -2.03. The molecule has 0 aliphatic carbocycles. The molecule has 0 unspecified atom stereocenters. The quantitative estimate of drug-likeness (QED) is 0.747. The van der Waals surface area contributed by atoms with Crippen LogP contribution in [0.25, 0.3) is 11.3 Å². The van der Waals surface area contributed by atoms with Gasteiger partial charge in [0.1, 0.15) is 5.76 Å². The Morgan fingerprint density at radius 1 is 1.47 bits per heavy atom. The minimum Gasteiger partial charge on any atom is -0.493 e. The van der Waals surface area contributed by atoms with E-state index < -0.39 is 5.82 Å². The van der Waals surface area contributed by atoms with Crippen LogP contribution in [0.2, 0.25) is 0 Å². The summed E-state index contributed by atoms with van der Waals surface area (Å²) < 4.78 is 24.1. The zero-order valence-corrected chi connectivity index (χ0v) is 9.57. The van der Waals surface area contributed by atoms with Crippen molar-refractivity contribution in [1.29, 1.82) is 0 Å². The number of hydrogen-bond acceptors (Lipinski definition) is 2. The zero-order valence-electron chi connectivity index (χ0n) is 9.57.